The number of hydrogen-bond donors (Lipinski definition) is 3. The number of rotatable bonds is 6. The van der Waals surface area contributed by atoms with E-state index in [2.05, 4.69) is 21.2 Å². The van der Waals surface area contributed by atoms with E-state index in [9.17, 15) is 9.59 Å². The van der Waals surface area contributed by atoms with Gasteiger partial charge in [0, 0.05) is 18.2 Å². The molecule has 0 aromatic heterocycles. The number of nitrogens with two attached hydrogens (primary N) is 1. The summed E-state index contributed by atoms with van der Waals surface area (Å²) >= 11 is 3.24. The van der Waals surface area contributed by atoms with E-state index in [0.717, 1.165) is 0 Å². The van der Waals surface area contributed by atoms with Crippen LogP contribution in [-0.4, -0.2) is 36.7 Å². The first kappa shape index (κ1) is 15.6. The highest BCUT2D eigenvalue weighted by Crippen LogP contribution is 2.23. The van der Waals surface area contributed by atoms with Gasteiger partial charge in [0.05, 0.1) is 17.3 Å². The predicted octanol–water partition coefficient (Wildman–Crippen LogP) is 1.45. The fourth-order valence-corrected chi connectivity index (χ4v) is 1.70. The lowest BCUT2D eigenvalue weighted by Gasteiger charge is -2.13. The Balaban J connectivity index is 2.78. The quantitative estimate of drug-likeness (QED) is 0.732. The number of halogens is 1. The van der Waals surface area contributed by atoms with Crippen LogP contribution in [-0.2, 0) is 9.53 Å². The zero-order chi connectivity index (χ0) is 14.4. The van der Waals surface area contributed by atoms with Crippen LogP contribution in [0.5, 0.6) is 0 Å². The Bertz CT molecular complexity index is 479. The van der Waals surface area contributed by atoms with Crippen molar-refractivity contribution in [3.05, 3.63) is 28.2 Å². The van der Waals surface area contributed by atoms with E-state index in [1.54, 1.807) is 6.07 Å². The topological polar surface area (TPSA) is 102 Å². The first-order valence-corrected chi connectivity index (χ1v) is 6.33. The van der Waals surface area contributed by atoms with Crippen molar-refractivity contribution in [1.29, 1.82) is 0 Å². The van der Waals surface area contributed by atoms with Gasteiger partial charge in [0.1, 0.15) is 0 Å². The molecule has 0 bridgehead atoms. The van der Waals surface area contributed by atoms with Crippen molar-refractivity contribution in [2.75, 3.05) is 19.0 Å². The highest BCUT2D eigenvalue weighted by Gasteiger charge is 2.15. The van der Waals surface area contributed by atoms with Gasteiger partial charge in [-0.15, -0.1) is 0 Å². The van der Waals surface area contributed by atoms with Crippen LogP contribution in [0.4, 0.5) is 5.69 Å². The molecule has 1 atom stereocenters. The Labute approximate surface area is 119 Å². The average molecular weight is 331 g/mol. The lowest BCUT2D eigenvalue weighted by atomic mass is 10.1. The Morgan fingerprint density at radius 3 is 2.79 bits per heavy atom. The summed E-state index contributed by atoms with van der Waals surface area (Å²) in [7, 11) is 1.53. The number of carboxylic acids is 1. The maximum absolute atomic E-state index is 11.8. The van der Waals surface area contributed by atoms with Crippen molar-refractivity contribution < 1.29 is 19.4 Å². The van der Waals surface area contributed by atoms with Gasteiger partial charge < -0.3 is 20.9 Å². The zero-order valence-corrected chi connectivity index (χ0v) is 11.9. The van der Waals surface area contributed by atoms with E-state index in [1.165, 1.54) is 19.2 Å². The van der Waals surface area contributed by atoms with Crippen LogP contribution in [0.25, 0.3) is 0 Å². The van der Waals surface area contributed by atoms with Gasteiger partial charge in [0.2, 0.25) is 5.91 Å². The molecule has 0 radical (unpaired) electrons. The van der Waals surface area contributed by atoms with E-state index >= 15 is 0 Å². The number of carbonyl (C=O) groups excluding carboxylic acids is 1. The Morgan fingerprint density at radius 2 is 2.21 bits per heavy atom. The second kappa shape index (κ2) is 7.22. The third kappa shape index (κ3) is 4.62. The van der Waals surface area contributed by atoms with Crippen LogP contribution in [0.1, 0.15) is 16.8 Å². The van der Waals surface area contributed by atoms with Crippen molar-refractivity contribution >= 4 is 33.5 Å². The number of nitrogens with one attached hydrogen (secondary N) is 1. The molecule has 0 fully saturated rings. The molecular formula is C12H15BrN2O4. The third-order valence-electron chi connectivity index (χ3n) is 2.44. The van der Waals surface area contributed by atoms with Crippen molar-refractivity contribution in [2.24, 2.45) is 5.73 Å². The molecule has 104 valence electrons. The first-order chi connectivity index (χ1) is 8.95. The molecule has 0 aliphatic rings. The highest BCUT2D eigenvalue weighted by molar-refractivity contribution is 9.10. The van der Waals surface area contributed by atoms with Gasteiger partial charge in [0.15, 0.2) is 0 Å². The standard InChI is InChI=1S/C12H15BrN2O4/c1-19-5-4-9(14)11(16)15-10-6-7(12(17)18)2-3-8(10)13/h2-3,6,9H,4-5,14H2,1H3,(H,15,16)(H,17,18). The molecule has 1 aromatic rings. The fourth-order valence-electron chi connectivity index (χ4n) is 1.36. The maximum atomic E-state index is 11.8. The molecule has 0 heterocycles. The molecule has 1 amide bonds. The van der Waals surface area contributed by atoms with Crippen LogP contribution >= 0.6 is 15.9 Å². The van der Waals surface area contributed by atoms with Crippen molar-refractivity contribution in [3.8, 4) is 0 Å². The van der Waals surface area contributed by atoms with Gasteiger partial charge >= 0.3 is 5.97 Å². The number of benzene rings is 1. The number of carboxylic acid groups (broad SMARTS) is 1. The van der Waals surface area contributed by atoms with Gasteiger partial charge in [0.25, 0.3) is 0 Å². The second-order valence-electron chi connectivity index (χ2n) is 3.88. The second-order valence-corrected chi connectivity index (χ2v) is 4.73. The lowest BCUT2D eigenvalue weighted by Crippen LogP contribution is -2.36. The minimum atomic E-state index is -1.06. The SMILES string of the molecule is COCCC(N)C(=O)Nc1cc(C(=O)O)ccc1Br. The Hall–Kier alpha value is -1.44. The number of methoxy groups -OCH3 is 1. The molecule has 0 saturated carbocycles. The molecule has 0 aliphatic carbocycles. The Morgan fingerprint density at radius 1 is 1.53 bits per heavy atom. The number of ether oxygens (including phenoxy) is 1. The molecule has 0 saturated heterocycles. The summed E-state index contributed by atoms with van der Waals surface area (Å²) in [5, 5.41) is 11.5. The van der Waals surface area contributed by atoms with E-state index in [-0.39, 0.29) is 11.5 Å². The molecule has 0 spiro atoms. The summed E-state index contributed by atoms with van der Waals surface area (Å²) < 4.78 is 5.43. The van der Waals surface area contributed by atoms with Crippen LogP contribution in [0, 0.1) is 0 Å². The molecule has 1 rings (SSSR count). The zero-order valence-electron chi connectivity index (χ0n) is 10.4. The largest absolute Gasteiger partial charge is 0.478 e. The molecule has 19 heavy (non-hydrogen) atoms. The summed E-state index contributed by atoms with van der Waals surface area (Å²) in [6, 6.07) is 3.65. The summed E-state index contributed by atoms with van der Waals surface area (Å²) in [5.41, 5.74) is 6.14. The van der Waals surface area contributed by atoms with E-state index < -0.39 is 12.0 Å². The maximum Gasteiger partial charge on any atom is 0.335 e. The number of amides is 1. The molecule has 7 heteroatoms. The lowest BCUT2D eigenvalue weighted by molar-refractivity contribution is -0.117. The van der Waals surface area contributed by atoms with Crippen LogP contribution in [0.3, 0.4) is 0 Å². The summed E-state index contributed by atoms with van der Waals surface area (Å²) in [5.74, 6) is -1.45. The summed E-state index contributed by atoms with van der Waals surface area (Å²) in [4.78, 5) is 22.6. The smallest absolute Gasteiger partial charge is 0.335 e. The molecule has 1 unspecified atom stereocenters. The summed E-state index contributed by atoms with van der Waals surface area (Å²) in [6.45, 7) is 0.380. The van der Waals surface area contributed by atoms with E-state index in [4.69, 9.17) is 15.6 Å². The van der Waals surface area contributed by atoms with Crippen LogP contribution in [0.15, 0.2) is 22.7 Å². The molecule has 4 N–H and O–H groups in total. The molecule has 1 aromatic carbocycles. The third-order valence-corrected chi connectivity index (χ3v) is 3.13. The first-order valence-electron chi connectivity index (χ1n) is 5.54. The Kier molecular flexibility index (Phi) is 5.94. The monoisotopic (exact) mass is 330 g/mol. The van der Waals surface area contributed by atoms with Crippen molar-refractivity contribution in [1.82, 2.24) is 0 Å². The van der Waals surface area contributed by atoms with Gasteiger partial charge in [-0.25, -0.2) is 4.79 Å². The van der Waals surface area contributed by atoms with E-state index in [1.807, 2.05) is 0 Å². The number of anilines is 1. The highest BCUT2D eigenvalue weighted by atomic mass is 79.9. The van der Waals surface area contributed by atoms with E-state index in [0.29, 0.717) is 23.2 Å². The van der Waals surface area contributed by atoms with Gasteiger partial charge in [-0.05, 0) is 40.5 Å². The van der Waals surface area contributed by atoms with Crippen molar-refractivity contribution in [2.45, 2.75) is 12.5 Å². The normalized spacial score (nSPS) is 11.9. The molecule has 0 aliphatic heterocycles. The van der Waals surface area contributed by atoms with Crippen LogP contribution < -0.4 is 11.1 Å². The predicted molar refractivity (Wildman–Crippen MR) is 74.2 cm³/mol. The van der Waals surface area contributed by atoms with Gasteiger partial charge in [-0.2, -0.15) is 0 Å². The van der Waals surface area contributed by atoms with Crippen molar-refractivity contribution in [3.63, 3.8) is 0 Å². The van der Waals surface area contributed by atoms with Gasteiger partial charge in [-0.3, -0.25) is 4.79 Å². The summed E-state index contributed by atoms with van der Waals surface area (Å²) in [6.07, 6.45) is 0.387. The number of aromatic carboxylic acids is 1. The number of hydrogen-bond acceptors (Lipinski definition) is 4. The minimum Gasteiger partial charge on any atom is -0.478 e. The number of carbonyl (C=O) groups is 2. The molecular weight excluding hydrogens is 316 g/mol. The molecule has 6 nitrogen and oxygen atoms in total. The minimum absolute atomic E-state index is 0.0870. The average Bonchev–Trinajstić information content (AvgIpc) is 2.38. The fraction of sp³-hybridized carbons (Fsp3) is 0.333. The van der Waals surface area contributed by atoms with Crippen LogP contribution in [0.2, 0.25) is 0 Å². The van der Waals surface area contributed by atoms with Gasteiger partial charge in [-0.1, -0.05) is 0 Å².